The molecule has 7 heteroatoms. The van der Waals surface area contributed by atoms with Crippen molar-refractivity contribution in [3.63, 3.8) is 0 Å². The summed E-state index contributed by atoms with van der Waals surface area (Å²) in [6.45, 7) is 3.77. The van der Waals surface area contributed by atoms with E-state index in [-0.39, 0.29) is 42.8 Å². The Kier molecular flexibility index (Phi) is 9.31. The van der Waals surface area contributed by atoms with E-state index in [0.29, 0.717) is 25.4 Å². The average Bonchev–Trinajstić information content (AvgIpc) is 2.64. The number of benzene rings is 1. The van der Waals surface area contributed by atoms with E-state index in [2.05, 4.69) is 10.6 Å². The van der Waals surface area contributed by atoms with Gasteiger partial charge < -0.3 is 20.3 Å². The lowest BCUT2D eigenvalue weighted by molar-refractivity contribution is -0.137. The van der Waals surface area contributed by atoms with Gasteiger partial charge in [0.2, 0.25) is 5.91 Å². The lowest BCUT2D eigenvalue weighted by Gasteiger charge is -2.32. The van der Waals surface area contributed by atoms with Crippen LogP contribution in [0, 0.1) is 5.92 Å². The molecule has 140 valence electrons. The Morgan fingerprint density at radius 2 is 2.04 bits per heavy atom. The number of rotatable bonds is 7. The second kappa shape index (κ2) is 10.9. The first kappa shape index (κ1) is 21.3. The zero-order valence-electron chi connectivity index (χ0n) is 14.9. The molecule has 1 fully saturated rings. The second-order valence-electron chi connectivity index (χ2n) is 6.22. The monoisotopic (exact) mass is 369 g/mol. The van der Waals surface area contributed by atoms with E-state index in [0.717, 1.165) is 12.8 Å². The van der Waals surface area contributed by atoms with Crippen LogP contribution in [0.2, 0.25) is 0 Å². The maximum atomic E-state index is 12.3. The van der Waals surface area contributed by atoms with Crippen LogP contribution in [0.15, 0.2) is 30.3 Å². The maximum absolute atomic E-state index is 12.3. The molecular weight excluding hydrogens is 342 g/mol. The quantitative estimate of drug-likeness (QED) is 0.763. The number of likely N-dealkylation sites (N-methyl/N-ethyl adjacent to an activating group) is 1. The smallest absolute Gasteiger partial charge is 0.260 e. The normalized spacial score (nSPS) is 18.0. The van der Waals surface area contributed by atoms with Crippen molar-refractivity contribution in [2.24, 2.45) is 5.92 Å². The Balaban J connectivity index is 0.00000312. The molecule has 2 atom stereocenters. The highest BCUT2D eigenvalue weighted by atomic mass is 35.5. The first-order valence-corrected chi connectivity index (χ1v) is 8.50. The topological polar surface area (TPSA) is 70.7 Å². The Morgan fingerprint density at radius 1 is 1.32 bits per heavy atom. The number of hydrogen-bond acceptors (Lipinski definition) is 4. The number of piperidine rings is 1. The third-order valence-corrected chi connectivity index (χ3v) is 4.33. The zero-order chi connectivity index (χ0) is 17.4. The van der Waals surface area contributed by atoms with Crippen LogP contribution in [0.25, 0.3) is 0 Å². The number of carbonyl (C=O) groups excluding carboxylic acids is 2. The van der Waals surface area contributed by atoms with Crippen molar-refractivity contribution in [3.8, 4) is 5.75 Å². The van der Waals surface area contributed by atoms with Crippen LogP contribution >= 0.6 is 12.4 Å². The molecular formula is C18H28ClN3O3. The Bertz CT molecular complexity index is 542. The molecule has 1 aliphatic rings. The summed E-state index contributed by atoms with van der Waals surface area (Å²) in [5.41, 5.74) is 0. The van der Waals surface area contributed by atoms with Gasteiger partial charge >= 0.3 is 0 Å². The highest BCUT2D eigenvalue weighted by Crippen LogP contribution is 2.17. The second-order valence-corrected chi connectivity index (χ2v) is 6.22. The molecule has 0 radical (unpaired) electrons. The highest BCUT2D eigenvalue weighted by Gasteiger charge is 2.28. The van der Waals surface area contributed by atoms with Gasteiger partial charge in [-0.3, -0.25) is 9.59 Å². The number of amides is 2. The summed E-state index contributed by atoms with van der Waals surface area (Å²) in [6.07, 6.45) is 1.67. The molecule has 0 spiro atoms. The fourth-order valence-electron chi connectivity index (χ4n) is 2.67. The SMILES string of the molecule is CNC(C)CNC(=O)C1CCCN(C(=O)COc2ccccc2)C1.Cl. The number of para-hydroxylation sites is 1. The van der Waals surface area contributed by atoms with Crippen molar-refractivity contribution in [2.45, 2.75) is 25.8 Å². The summed E-state index contributed by atoms with van der Waals surface area (Å²) in [5.74, 6) is 0.500. The standard InChI is InChI=1S/C18H27N3O3.ClH/c1-14(19-2)11-20-18(23)15-7-6-10-21(12-15)17(22)13-24-16-8-4-3-5-9-16;/h3-5,8-9,14-15,19H,6-7,10-13H2,1-2H3,(H,20,23);1H. The lowest BCUT2D eigenvalue weighted by atomic mass is 9.97. The van der Waals surface area contributed by atoms with Crippen LogP contribution in [0.4, 0.5) is 0 Å². The predicted octanol–water partition coefficient (Wildman–Crippen LogP) is 1.45. The molecule has 0 bridgehead atoms. The molecule has 25 heavy (non-hydrogen) atoms. The van der Waals surface area contributed by atoms with E-state index in [9.17, 15) is 9.59 Å². The minimum Gasteiger partial charge on any atom is -0.484 e. The predicted molar refractivity (Wildman–Crippen MR) is 100 cm³/mol. The number of hydrogen-bond donors (Lipinski definition) is 2. The molecule has 2 N–H and O–H groups in total. The van der Waals surface area contributed by atoms with Crippen molar-refractivity contribution in [1.82, 2.24) is 15.5 Å². The molecule has 0 aromatic heterocycles. The Morgan fingerprint density at radius 3 is 2.72 bits per heavy atom. The van der Waals surface area contributed by atoms with Crippen molar-refractivity contribution in [2.75, 3.05) is 33.3 Å². The van der Waals surface area contributed by atoms with Gasteiger partial charge in [0.15, 0.2) is 6.61 Å². The fraction of sp³-hybridized carbons (Fsp3) is 0.556. The van der Waals surface area contributed by atoms with Gasteiger partial charge in [0.1, 0.15) is 5.75 Å². The average molecular weight is 370 g/mol. The molecule has 1 saturated heterocycles. The summed E-state index contributed by atoms with van der Waals surface area (Å²) in [7, 11) is 1.87. The van der Waals surface area contributed by atoms with Crippen LogP contribution in [-0.4, -0.2) is 56.0 Å². The van der Waals surface area contributed by atoms with Gasteiger partial charge in [-0.15, -0.1) is 12.4 Å². The molecule has 1 aromatic rings. The van der Waals surface area contributed by atoms with E-state index in [1.54, 1.807) is 4.90 Å². The number of nitrogens with zero attached hydrogens (tertiary/aromatic N) is 1. The summed E-state index contributed by atoms with van der Waals surface area (Å²) in [5, 5.41) is 6.04. The van der Waals surface area contributed by atoms with Gasteiger partial charge in [0, 0.05) is 25.7 Å². The molecule has 0 aliphatic carbocycles. The van der Waals surface area contributed by atoms with Crippen molar-refractivity contribution in [3.05, 3.63) is 30.3 Å². The van der Waals surface area contributed by atoms with Crippen LogP contribution in [0.1, 0.15) is 19.8 Å². The van der Waals surface area contributed by atoms with Gasteiger partial charge in [-0.25, -0.2) is 0 Å². The minimum atomic E-state index is -0.136. The molecule has 2 unspecified atom stereocenters. The molecule has 6 nitrogen and oxygen atoms in total. The van der Waals surface area contributed by atoms with E-state index in [1.807, 2.05) is 44.3 Å². The molecule has 1 heterocycles. The van der Waals surface area contributed by atoms with Crippen LogP contribution < -0.4 is 15.4 Å². The van der Waals surface area contributed by atoms with Crippen LogP contribution in [-0.2, 0) is 9.59 Å². The molecule has 2 rings (SSSR count). The number of ether oxygens (including phenoxy) is 1. The number of halogens is 1. The van der Waals surface area contributed by atoms with E-state index in [1.165, 1.54) is 0 Å². The van der Waals surface area contributed by atoms with E-state index in [4.69, 9.17) is 4.74 Å². The zero-order valence-corrected chi connectivity index (χ0v) is 15.7. The Labute approximate surface area is 155 Å². The van der Waals surface area contributed by atoms with E-state index >= 15 is 0 Å². The summed E-state index contributed by atoms with van der Waals surface area (Å²) >= 11 is 0. The maximum Gasteiger partial charge on any atom is 0.260 e. The fourth-order valence-corrected chi connectivity index (χ4v) is 2.67. The third kappa shape index (κ3) is 6.92. The van der Waals surface area contributed by atoms with Crippen LogP contribution in [0.3, 0.4) is 0 Å². The Hall–Kier alpha value is -1.79. The van der Waals surface area contributed by atoms with Crippen molar-refractivity contribution in [1.29, 1.82) is 0 Å². The van der Waals surface area contributed by atoms with E-state index < -0.39 is 0 Å². The van der Waals surface area contributed by atoms with Gasteiger partial charge in [-0.2, -0.15) is 0 Å². The van der Waals surface area contributed by atoms with Gasteiger partial charge in [0.05, 0.1) is 5.92 Å². The van der Waals surface area contributed by atoms with Gasteiger partial charge in [0.25, 0.3) is 5.91 Å². The number of likely N-dealkylation sites (tertiary alicyclic amines) is 1. The molecule has 1 aliphatic heterocycles. The largest absolute Gasteiger partial charge is 0.484 e. The molecule has 2 amide bonds. The van der Waals surface area contributed by atoms with Gasteiger partial charge in [-0.1, -0.05) is 18.2 Å². The van der Waals surface area contributed by atoms with Crippen LogP contribution in [0.5, 0.6) is 5.75 Å². The minimum absolute atomic E-state index is 0. The van der Waals surface area contributed by atoms with Crippen molar-refractivity contribution < 1.29 is 14.3 Å². The first-order chi connectivity index (χ1) is 11.6. The van der Waals surface area contributed by atoms with Crippen molar-refractivity contribution >= 4 is 24.2 Å². The molecule has 0 saturated carbocycles. The lowest BCUT2D eigenvalue weighted by Crippen LogP contribution is -2.48. The number of carbonyl (C=O) groups is 2. The number of nitrogens with one attached hydrogen (secondary N) is 2. The highest BCUT2D eigenvalue weighted by molar-refractivity contribution is 5.85. The third-order valence-electron chi connectivity index (χ3n) is 4.33. The summed E-state index contributed by atoms with van der Waals surface area (Å²) in [6, 6.07) is 9.51. The van der Waals surface area contributed by atoms with Gasteiger partial charge in [-0.05, 0) is 38.9 Å². The first-order valence-electron chi connectivity index (χ1n) is 8.50. The summed E-state index contributed by atoms with van der Waals surface area (Å²) < 4.78 is 5.51. The summed E-state index contributed by atoms with van der Waals surface area (Å²) in [4.78, 5) is 26.3. The molecule has 1 aromatic carbocycles.